The number of likely N-dealkylation sites (tertiary alicyclic amines) is 1. The van der Waals surface area contributed by atoms with Crippen LogP contribution in [0.15, 0.2) is 48.8 Å². The molecule has 1 N–H and O–H groups in total. The Morgan fingerprint density at radius 1 is 1.18 bits per heavy atom. The van der Waals surface area contributed by atoms with Crippen molar-refractivity contribution >= 4 is 11.9 Å². The normalized spacial score (nSPS) is 19.9. The van der Waals surface area contributed by atoms with Crippen LogP contribution in [-0.2, 0) is 20.8 Å². The number of hydrogen-bond acceptors (Lipinski definition) is 7. The molecule has 2 unspecified atom stereocenters. The number of carbonyl (C=O) groups is 2. The summed E-state index contributed by atoms with van der Waals surface area (Å²) in [6.07, 6.45) is 6.09. The third kappa shape index (κ3) is 6.20. The smallest absolute Gasteiger partial charge is 0.337 e. The van der Waals surface area contributed by atoms with E-state index in [-0.39, 0.29) is 24.0 Å². The first kappa shape index (κ1) is 24.3. The highest BCUT2D eigenvalue weighted by Crippen LogP contribution is 2.28. The lowest BCUT2D eigenvalue weighted by molar-refractivity contribution is -0.130. The molecular weight excluding hydrogens is 432 g/mol. The number of benzene rings is 1. The predicted octanol–water partition coefficient (Wildman–Crippen LogP) is 2.41. The molecule has 2 atom stereocenters. The third-order valence-electron chi connectivity index (χ3n) is 6.76. The van der Waals surface area contributed by atoms with Crippen LogP contribution in [0.3, 0.4) is 0 Å². The van der Waals surface area contributed by atoms with Gasteiger partial charge in [0, 0.05) is 51.0 Å². The van der Waals surface area contributed by atoms with Gasteiger partial charge in [0.1, 0.15) is 0 Å². The van der Waals surface area contributed by atoms with E-state index in [0.717, 1.165) is 57.8 Å². The molecule has 1 aromatic carbocycles. The number of ether oxygens (including phenoxy) is 2. The maximum absolute atomic E-state index is 12.8. The van der Waals surface area contributed by atoms with Crippen LogP contribution in [0.25, 0.3) is 0 Å². The zero-order valence-electron chi connectivity index (χ0n) is 19.8. The number of rotatable bonds is 10. The minimum absolute atomic E-state index is 0.151. The Labute approximate surface area is 201 Å². The molecule has 4 rings (SSSR count). The maximum Gasteiger partial charge on any atom is 0.337 e. The number of carbonyl (C=O) groups excluding carboxylic acids is 2. The highest BCUT2D eigenvalue weighted by Gasteiger charge is 2.34. The highest BCUT2D eigenvalue weighted by molar-refractivity contribution is 5.89. The van der Waals surface area contributed by atoms with Gasteiger partial charge in [0.25, 0.3) is 0 Å². The van der Waals surface area contributed by atoms with Gasteiger partial charge in [-0.15, -0.1) is 0 Å². The van der Waals surface area contributed by atoms with Crippen molar-refractivity contribution in [1.82, 2.24) is 20.1 Å². The Morgan fingerprint density at radius 2 is 1.91 bits per heavy atom. The molecule has 1 aromatic heterocycles. The Balaban J connectivity index is 1.32. The van der Waals surface area contributed by atoms with E-state index in [1.807, 2.05) is 24.5 Å². The second kappa shape index (κ2) is 12.1. The van der Waals surface area contributed by atoms with Gasteiger partial charge in [-0.2, -0.15) is 0 Å². The summed E-state index contributed by atoms with van der Waals surface area (Å²) in [5.41, 5.74) is 2.86. The number of amides is 1. The molecule has 0 bridgehead atoms. The minimum Gasteiger partial charge on any atom is -0.465 e. The van der Waals surface area contributed by atoms with Crippen molar-refractivity contribution in [2.24, 2.45) is 0 Å². The van der Waals surface area contributed by atoms with Crippen LogP contribution in [0.5, 0.6) is 0 Å². The summed E-state index contributed by atoms with van der Waals surface area (Å²) in [4.78, 5) is 33.1. The molecule has 2 aromatic rings. The molecule has 2 aliphatic rings. The van der Waals surface area contributed by atoms with Gasteiger partial charge in [-0.25, -0.2) is 4.79 Å². The van der Waals surface area contributed by atoms with Crippen molar-refractivity contribution in [3.8, 4) is 0 Å². The molecule has 0 aliphatic carbocycles. The standard InChI is InChI=1S/C26H34N4O4/c1-33-26(32)22-4-2-20(3-5-22)18-28-13-10-23-6-7-25(31)30(23)19-24(21-8-11-27-12-9-21)29-14-16-34-17-15-29/h2-5,8-9,11-12,23-24,28H,6-7,10,13-19H2,1H3. The molecule has 2 fully saturated rings. The summed E-state index contributed by atoms with van der Waals surface area (Å²) < 4.78 is 10.3. The van der Waals surface area contributed by atoms with E-state index in [9.17, 15) is 9.59 Å². The zero-order valence-corrected chi connectivity index (χ0v) is 19.8. The van der Waals surface area contributed by atoms with E-state index in [0.29, 0.717) is 18.5 Å². The first-order valence-electron chi connectivity index (χ1n) is 12.0. The molecule has 0 saturated carbocycles. The first-order chi connectivity index (χ1) is 16.7. The Morgan fingerprint density at radius 3 is 2.62 bits per heavy atom. The lowest BCUT2D eigenvalue weighted by atomic mass is 10.0. The van der Waals surface area contributed by atoms with Gasteiger partial charge in [-0.1, -0.05) is 12.1 Å². The molecule has 8 heteroatoms. The van der Waals surface area contributed by atoms with Crippen LogP contribution in [-0.4, -0.2) is 79.2 Å². The van der Waals surface area contributed by atoms with Crippen molar-refractivity contribution < 1.29 is 19.1 Å². The highest BCUT2D eigenvalue weighted by atomic mass is 16.5. The largest absolute Gasteiger partial charge is 0.465 e. The van der Waals surface area contributed by atoms with Crippen LogP contribution in [0.2, 0.25) is 0 Å². The minimum atomic E-state index is -0.326. The van der Waals surface area contributed by atoms with Crippen molar-refractivity contribution in [3.05, 3.63) is 65.5 Å². The topological polar surface area (TPSA) is 84.0 Å². The summed E-state index contributed by atoms with van der Waals surface area (Å²) in [5.74, 6) is -0.0802. The van der Waals surface area contributed by atoms with E-state index in [4.69, 9.17) is 9.47 Å². The van der Waals surface area contributed by atoms with Crippen molar-refractivity contribution in [2.75, 3.05) is 46.5 Å². The van der Waals surface area contributed by atoms with Gasteiger partial charge in [-0.05, 0) is 54.8 Å². The lowest BCUT2D eigenvalue weighted by Crippen LogP contribution is -2.46. The fourth-order valence-electron chi connectivity index (χ4n) is 4.81. The monoisotopic (exact) mass is 466 g/mol. The van der Waals surface area contributed by atoms with E-state index < -0.39 is 0 Å². The molecule has 0 spiro atoms. The number of esters is 1. The Kier molecular flexibility index (Phi) is 8.62. The molecule has 34 heavy (non-hydrogen) atoms. The zero-order chi connectivity index (χ0) is 23.8. The molecule has 8 nitrogen and oxygen atoms in total. The Hall–Kier alpha value is -2.81. The molecule has 0 radical (unpaired) electrons. The summed E-state index contributed by atoms with van der Waals surface area (Å²) in [6, 6.07) is 11.9. The number of nitrogens with one attached hydrogen (secondary N) is 1. The van der Waals surface area contributed by atoms with Crippen LogP contribution in [0.1, 0.15) is 46.8 Å². The van der Waals surface area contributed by atoms with Crippen molar-refractivity contribution in [3.63, 3.8) is 0 Å². The van der Waals surface area contributed by atoms with E-state index >= 15 is 0 Å². The second-order valence-electron chi connectivity index (χ2n) is 8.84. The molecule has 182 valence electrons. The molecule has 2 aliphatic heterocycles. The van der Waals surface area contributed by atoms with Crippen LogP contribution in [0.4, 0.5) is 0 Å². The van der Waals surface area contributed by atoms with Crippen molar-refractivity contribution in [2.45, 2.75) is 37.9 Å². The first-order valence-corrected chi connectivity index (χ1v) is 12.0. The van der Waals surface area contributed by atoms with Gasteiger partial charge in [-0.3, -0.25) is 14.7 Å². The molecular formula is C26H34N4O4. The summed E-state index contributed by atoms with van der Waals surface area (Å²) in [7, 11) is 1.38. The predicted molar refractivity (Wildman–Crippen MR) is 128 cm³/mol. The molecule has 3 heterocycles. The van der Waals surface area contributed by atoms with E-state index in [1.54, 1.807) is 12.1 Å². The summed E-state index contributed by atoms with van der Waals surface area (Å²) >= 11 is 0. The van der Waals surface area contributed by atoms with E-state index in [1.165, 1.54) is 12.7 Å². The van der Waals surface area contributed by atoms with Gasteiger partial charge >= 0.3 is 5.97 Å². The molecule has 1 amide bonds. The number of hydrogen-bond donors (Lipinski definition) is 1. The number of morpholine rings is 1. The number of aromatic nitrogens is 1. The average molecular weight is 467 g/mol. The van der Waals surface area contributed by atoms with Gasteiger partial charge in [0.15, 0.2) is 0 Å². The van der Waals surface area contributed by atoms with Gasteiger partial charge < -0.3 is 19.7 Å². The molecule has 2 saturated heterocycles. The fraction of sp³-hybridized carbons (Fsp3) is 0.500. The number of methoxy groups -OCH3 is 1. The van der Waals surface area contributed by atoms with Crippen LogP contribution >= 0.6 is 0 Å². The summed E-state index contributed by atoms with van der Waals surface area (Å²) in [6.45, 7) is 5.43. The average Bonchev–Trinajstić information content (AvgIpc) is 3.24. The van der Waals surface area contributed by atoms with Gasteiger partial charge in [0.05, 0.1) is 31.9 Å². The SMILES string of the molecule is COC(=O)c1ccc(CNCCC2CCC(=O)N2CC(c2ccncc2)N2CCOCC2)cc1. The van der Waals surface area contributed by atoms with Gasteiger partial charge in [0.2, 0.25) is 5.91 Å². The second-order valence-corrected chi connectivity index (χ2v) is 8.84. The fourth-order valence-corrected chi connectivity index (χ4v) is 4.81. The quantitative estimate of drug-likeness (QED) is 0.425. The maximum atomic E-state index is 12.8. The number of nitrogens with zero attached hydrogens (tertiary/aromatic N) is 3. The third-order valence-corrected chi connectivity index (χ3v) is 6.76. The van der Waals surface area contributed by atoms with E-state index in [2.05, 4.69) is 32.2 Å². The number of pyridine rings is 1. The van der Waals surface area contributed by atoms with Crippen LogP contribution in [0, 0.1) is 0 Å². The van der Waals surface area contributed by atoms with Crippen molar-refractivity contribution in [1.29, 1.82) is 0 Å². The summed E-state index contributed by atoms with van der Waals surface area (Å²) in [5, 5.41) is 3.49. The van der Waals surface area contributed by atoms with Crippen LogP contribution < -0.4 is 5.32 Å². The Bertz CT molecular complexity index is 932. The lowest BCUT2D eigenvalue weighted by Gasteiger charge is -2.38.